The smallest absolute Gasteiger partial charge is 0.191 e. The number of guanidine groups is 1. The van der Waals surface area contributed by atoms with Crippen molar-refractivity contribution in [2.75, 3.05) is 13.6 Å². The fourth-order valence-corrected chi connectivity index (χ4v) is 2.00. The molecule has 0 atom stereocenters. The molecule has 0 radical (unpaired) electrons. The van der Waals surface area contributed by atoms with Crippen molar-refractivity contribution >= 4 is 5.96 Å². The zero-order chi connectivity index (χ0) is 14.2. The lowest BCUT2D eigenvalue weighted by atomic mass is 9.96. The van der Waals surface area contributed by atoms with Gasteiger partial charge >= 0.3 is 0 Å². The second-order valence-electron chi connectivity index (χ2n) is 4.87. The van der Waals surface area contributed by atoms with Crippen molar-refractivity contribution in [1.29, 1.82) is 0 Å². The molecule has 20 heavy (non-hydrogen) atoms. The van der Waals surface area contributed by atoms with Crippen molar-refractivity contribution in [2.24, 2.45) is 4.99 Å². The summed E-state index contributed by atoms with van der Waals surface area (Å²) in [5, 5.41) is 6.43. The van der Waals surface area contributed by atoms with Crippen LogP contribution in [0.5, 0.6) is 5.75 Å². The highest BCUT2D eigenvalue weighted by atomic mass is 16.5. The summed E-state index contributed by atoms with van der Waals surface area (Å²) in [5.74, 6) is 1.74. The molecule has 0 aromatic heterocycles. The van der Waals surface area contributed by atoms with Crippen LogP contribution in [0.15, 0.2) is 41.9 Å². The number of hydrogen-bond donors (Lipinski definition) is 2. The van der Waals surface area contributed by atoms with E-state index < -0.39 is 0 Å². The highest BCUT2D eigenvalue weighted by Crippen LogP contribution is 2.27. The zero-order valence-corrected chi connectivity index (χ0v) is 12.1. The van der Waals surface area contributed by atoms with Gasteiger partial charge < -0.3 is 15.4 Å². The minimum Gasteiger partial charge on any atom is -0.490 e. The molecule has 1 aliphatic carbocycles. The summed E-state index contributed by atoms with van der Waals surface area (Å²) < 4.78 is 6.01. The maximum absolute atomic E-state index is 6.01. The second kappa shape index (κ2) is 7.58. The topological polar surface area (TPSA) is 45.7 Å². The van der Waals surface area contributed by atoms with Gasteiger partial charge in [0, 0.05) is 25.7 Å². The summed E-state index contributed by atoms with van der Waals surface area (Å²) in [6.45, 7) is 5.07. The molecule has 1 aromatic rings. The SMILES string of the molecule is C=CCNC(=NC)NCc1ccccc1OC1CCC1. The molecule has 1 aliphatic rings. The highest BCUT2D eigenvalue weighted by Gasteiger charge is 2.20. The molecule has 0 spiro atoms. The average Bonchev–Trinajstić information content (AvgIpc) is 2.44. The predicted molar refractivity (Wildman–Crippen MR) is 83.1 cm³/mol. The van der Waals surface area contributed by atoms with Gasteiger partial charge in [-0.2, -0.15) is 0 Å². The third-order valence-corrected chi connectivity index (χ3v) is 3.40. The Morgan fingerprint density at radius 1 is 1.40 bits per heavy atom. The number of nitrogens with zero attached hydrogens (tertiary/aromatic N) is 1. The fraction of sp³-hybridized carbons (Fsp3) is 0.438. The maximum atomic E-state index is 6.01. The van der Waals surface area contributed by atoms with Gasteiger partial charge in [0.25, 0.3) is 0 Å². The van der Waals surface area contributed by atoms with Gasteiger partial charge in [0.05, 0.1) is 6.10 Å². The molecule has 2 N–H and O–H groups in total. The lowest BCUT2D eigenvalue weighted by Crippen LogP contribution is -2.37. The molecule has 0 bridgehead atoms. The monoisotopic (exact) mass is 273 g/mol. The fourth-order valence-electron chi connectivity index (χ4n) is 2.00. The van der Waals surface area contributed by atoms with Crippen LogP contribution >= 0.6 is 0 Å². The molecule has 4 nitrogen and oxygen atoms in total. The Morgan fingerprint density at radius 3 is 2.85 bits per heavy atom. The molecule has 1 aromatic carbocycles. The largest absolute Gasteiger partial charge is 0.490 e. The van der Waals surface area contributed by atoms with Crippen molar-refractivity contribution in [3.63, 3.8) is 0 Å². The third kappa shape index (κ3) is 4.02. The first-order valence-corrected chi connectivity index (χ1v) is 7.13. The van der Waals surface area contributed by atoms with E-state index in [2.05, 4.69) is 28.3 Å². The summed E-state index contributed by atoms with van der Waals surface area (Å²) in [4.78, 5) is 4.16. The van der Waals surface area contributed by atoms with Crippen molar-refractivity contribution in [2.45, 2.75) is 31.9 Å². The summed E-state index contributed by atoms with van der Waals surface area (Å²) in [6, 6.07) is 8.17. The second-order valence-corrected chi connectivity index (χ2v) is 4.87. The number of ether oxygens (including phenoxy) is 1. The Morgan fingerprint density at radius 2 is 2.20 bits per heavy atom. The van der Waals surface area contributed by atoms with Crippen LogP contribution in [0.3, 0.4) is 0 Å². The zero-order valence-electron chi connectivity index (χ0n) is 12.1. The summed E-state index contributed by atoms with van der Waals surface area (Å²) >= 11 is 0. The van der Waals surface area contributed by atoms with Gasteiger partial charge in [0.2, 0.25) is 0 Å². The van der Waals surface area contributed by atoms with Gasteiger partial charge in [0.1, 0.15) is 5.75 Å². The van der Waals surface area contributed by atoms with Crippen molar-refractivity contribution in [3.05, 3.63) is 42.5 Å². The van der Waals surface area contributed by atoms with Crippen LogP contribution in [0.1, 0.15) is 24.8 Å². The molecule has 108 valence electrons. The van der Waals surface area contributed by atoms with Gasteiger partial charge in [-0.05, 0) is 25.3 Å². The van der Waals surface area contributed by atoms with E-state index in [1.807, 2.05) is 18.2 Å². The molecule has 0 saturated heterocycles. The minimum atomic E-state index is 0.398. The minimum absolute atomic E-state index is 0.398. The summed E-state index contributed by atoms with van der Waals surface area (Å²) in [7, 11) is 1.76. The quantitative estimate of drug-likeness (QED) is 0.475. The van der Waals surface area contributed by atoms with Crippen LogP contribution in [-0.4, -0.2) is 25.7 Å². The molecule has 2 rings (SSSR count). The number of aliphatic imine (C=N–C) groups is 1. The van der Waals surface area contributed by atoms with E-state index >= 15 is 0 Å². The van der Waals surface area contributed by atoms with E-state index in [1.54, 1.807) is 13.1 Å². The third-order valence-electron chi connectivity index (χ3n) is 3.40. The normalized spacial score (nSPS) is 15.3. The molecule has 1 saturated carbocycles. The van der Waals surface area contributed by atoms with Crippen molar-refractivity contribution in [3.8, 4) is 5.75 Å². The Labute approximate surface area is 120 Å². The number of rotatable bonds is 6. The van der Waals surface area contributed by atoms with Gasteiger partial charge in [0.15, 0.2) is 5.96 Å². The molecule has 0 heterocycles. The Kier molecular flexibility index (Phi) is 5.47. The molecule has 0 amide bonds. The average molecular weight is 273 g/mol. The van der Waals surface area contributed by atoms with Crippen LogP contribution in [-0.2, 0) is 6.54 Å². The van der Waals surface area contributed by atoms with Crippen LogP contribution in [0, 0.1) is 0 Å². The number of nitrogens with one attached hydrogen (secondary N) is 2. The first-order chi connectivity index (χ1) is 9.83. The lowest BCUT2D eigenvalue weighted by molar-refractivity contribution is 0.119. The molecule has 1 fully saturated rings. The molecular formula is C16H23N3O. The molecule has 4 heteroatoms. The van der Waals surface area contributed by atoms with Crippen LogP contribution in [0.2, 0.25) is 0 Å². The van der Waals surface area contributed by atoms with Gasteiger partial charge in [-0.3, -0.25) is 4.99 Å². The number of hydrogen-bond acceptors (Lipinski definition) is 2. The molecule has 0 unspecified atom stereocenters. The van der Waals surface area contributed by atoms with E-state index in [9.17, 15) is 0 Å². The first-order valence-electron chi connectivity index (χ1n) is 7.13. The van der Waals surface area contributed by atoms with E-state index in [1.165, 1.54) is 19.3 Å². The van der Waals surface area contributed by atoms with Crippen molar-refractivity contribution < 1.29 is 4.74 Å². The van der Waals surface area contributed by atoms with Crippen molar-refractivity contribution in [1.82, 2.24) is 10.6 Å². The van der Waals surface area contributed by atoms with E-state index in [0.717, 1.165) is 17.3 Å². The molecule has 0 aliphatic heterocycles. The Balaban J connectivity index is 1.92. The van der Waals surface area contributed by atoms with Crippen LogP contribution in [0.25, 0.3) is 0 Å². The highest BCUT2D eigenvalue weighted by molar-refractivity contribution is 5.79. The summed E-state index contributed by atoms with van der Waals surface area (Å²) in [5.41, 5.74) is 1.15. The first kappa shape index (κ1) is 14.4. The van der Waals surface area contributed by atoms with Gasteiger partial charge in [-0.25, -0.2) is 0 Å². The Hall–Kier alpha value is -1.97. The number of para-hydroxylation sites is 1. The standard InChI is InChI=1S/C16H23N3O/c1-3-11-18-16(17-2)19-12-13-7-4-5-10-15(13)20-14-8-6-9-14/h3-5,7,10,14H,1,6,8-9,11-12H2,2H3,(H2,17,18,19). The van der Waals surface area contributed by atoms with Crippen LogP contribution in [0.4, 0.5) is 0 Å². The van der Waals surface area contributed by atoms with E-state index in [0.29, 0.717) is 19.2 Å². The molecular weight excluding hydrogens is 250 g/mol. The Bertz CT molecular complexity index is 467. The summed E-state index contributed by atoms with van der Waals surface area (Å²) in [6.07, 6.45) is 5.83. The van der Waals surface area contributed by atoms with E-state index in [4.69, 9.17) is 4.74 Å². The van der Waals surface area contributed by atoms with Gasteiger partial charge in [-0.1, -0.05) is 24.3 Å². The predicted octanol–water partition coefficient (Wildman–Crippen LogP) is 2.47. The van der Waals surface area contributed by atoms with Gasteiger partial charge in [-0.15, -0.1) is 6.58 Å². The van der Waals surface area contributed by atoms with Crippen LogP contribution < -0.4 is 15.4 Å². The number of benzene rings is 1. The maximum Gasteiger partial charge on any atom is 0.191 e. The lowest BCUT2D eigenvalue weighted by Gasteiger charge is -2.27. The van der Waals surface area contributed by atoms with E-state index in [-0.39, 0.29) is 0 Å².